The van der Waals surface area contributed by atoms with E-state index in [2.05, 4.69) is 44.0 Å². The van der Waals surface area contributed by atoms with Crippen molar-refractivity contribution in [1.29, 1.82) is 0 Å². The lowest BCUT2D eigenvalue weighted by Gasteiger charge is -2.30. The highest BCUT2D eigenvalue weighted by Gasteiger charge is 2.24. The molecule has 1 atom stereocenters. The Kier molecular flexibility index (Phi) is 4.84. The Bertz CT molecular complexity index is 379. The van der Waals surface area contributed by atoms with Crippen LogP contribution in [0.1, 0.15) is 64.9 Å². The van der Waals surface area contributed by atoms with Gasteiger partial charge in [-0.1, -0.05) is 33.3 Å². The van der Waals surface area contributed by atoms with Crippen LogP contribution in [-0.2, 0) is 5.41 Å². The molecule has 0 amide bonds. The summed E-state index contributed by atoms with van der Waals surface area (Å²) in [5.41, 5.74) is 1.69. The summed E-state index contributed by atoms with van der Waals surface area (Å²) in [5, 5.41) is 0. The normalized spacial score (nSPS) is 19.2. The van der Waals surface area contributed by atoms with Gasteiger partial charge in [0.25, 0.3) is 0 Å². The number of aromatic nitrogens is 1. The lowest BCUT2D eigenvalue weighted by molar-refractivity contribution is 0.412. The highest BCUT2D eigenvalue weighted by Crippen LogP contribution is 2.32. The van der Waals surface area contributed by atoms with Gasteiger partial charge in [-0.05, 0) is 49.1 Å². The van der Waals surface area contributed by atoms with Gasteiger partial charge in [0, 0.05) is 19.3 Å². The summed E-state index contributed by atoms with van der Waals surface area (Å²) in [5.74, 6) is 1.17. The Balaban J connectivity index is 2.12. The zero-order chi connectivity index (χ0) is 13.7. The van der Waals surface area contributed by atoms with E-state index in [1.807, 2.05) is 0 Å². The van der Waals surface area contributed by atoms with Crippen molar-refractivity contribution >= 4 is 5.82 Å². The summed E-state index contributed by atoms with van der Waals surface area (Å²) in [6, 6.07) is 4.53. The number of hydrogen-bond donors (Lipinski definition) is 0. The maximum atomic E-state index is 4.72. The molecule has 1 aliphatic heterocycles. The van der Waals surface area contributed by atoms with Crippen molar-refractivity contribution in [3.05, 3.63) is 23.9 Å². The smallest absolute Gasteiger partial charge is 0.128 e. The molecule has 2 nitrogen and oxygen atoms in total. The summed E-state index contributed by atoms with van der Waals surface area (Å²) >= 11 is 0. The van der Waals surface area contributed by atoms with Crippen LogP contribution < -0.4 is 4.90 Å². The molecule has 0 aromatic carbocycles. The number of rotatable bonds is 5. The van der Waals surface area contributed by atoms with Crippen molar-refractivity contribution in [1.82, 2.24) is 4.98 Å². The van der Waals surface area contributed by atoms with Gasteiger partial charge in [-0.25, -0.2) is 4.98 Å². The molecule has 1 saturated heterocycles. The molecule has 106 valence electrons. The van der Waals surface area contributed by atoms with Crippen molar-refractivity contribution in [2.24, 2.45) is 0 Å². The van der Waals surface area contributed by atoms with Crippen LogP contribution in [0.3, 0.4) is 0 Å². The van der Waals surface area contributed by atoms with E-state index in [0.29, 0.717) is 5.41 Å². The van der Waals surface area contributed by atoms with Crippen LogP contribution >= 0.6 is 0 Å². The average molecular weight is 260 g/mol. The molecule has 0 bridgehead atoms. The third-order valence-corrected chi connectivity index (χ3v) is 4.71. The molecule has 1 fully saturated rings. The Labute approximate surface area is 118 Å². The van der Waals surface area contributed by atoms with Crippen LogP contribution in [0.4, 0.5) is 5.82 Å². The van der Waals surface area contributed by atoms with E-state index in [4.69, 9.17) is 4.98 Å². The molecule has 0 spiro atoms. The van der Waals surface area contributed by atoms with Gasteiger partial charge in [-0.2, -0.15) is 0 Å². The minimum Gasteiger partial charge on any atom is -0.357 e. The number of nitrogens with zero attached hydrogens (tertiary/aromatic N) is 2. The first-order valence-electron chi connectivity index (χ1n) is 7.91. The highest BCUT2D eigenvalue weighted by molar-refractivity contribution is 5.41. The largest absolute Gasteiger partial charge is 0.357 e. The molecule has 0 radical (unpaired) electrons. The highest BCUT2D eigenvalue weighted by atomic mass is 15.2. The van der Waals surface area contributed by atoms with Gasteiger partial charge in [0.15, 0.2) is 0 Å². The monoisotopic (exact) mass is 260 g/mol. The SMILES string of the molecule is CCCC(C)(CC)c1ccc(N2CCCCC2)nc1. The van der Waals surface area contributed by atoms with Crippen LogP contribution in [-0.4, -0.2) is 18.1 Å². The van der Waals surface area contributed by atoms with E-state index in [0.717, 1.165) is 0 Å². The molecule has 2 heterocycles. The van der Waals surface area contributed by atoms with Crippen LogP contribution in [0.5, 0.6) is 0 Å². The van der Waals surface area contributed by atoms with Gasteiger partial charge in [0.2, 0.25) is 0 Å². The molecule has 2 heteroatoms. The summed E-state index contributed by atoms with van der Waals surface area (Å²) < 4.78 is 0. The quantitative estimate of drug-likeness (QED) is 0.772. The molecule has 19 heavy (non-hydrogen) atoms. The van der Waals surface area contributed by atoms with Gasteiger partial charge in [-0.3, -0.25) is 0 Å². The van der Waals surface area contributed by atoms with E-state index in [1.54, 1.807) is 0 Å². The lowest BCUT2D eigenvalue weighted by Crippen LogP contribution is -2.30. The predicted molar refractivity (Wildman–Crippen MR) is 82.9 cm³/mol. The van der Waals surface area contributed by atoms with Crippen LogP contribution in [0, 0.1) is 0 Å². The first-order chi connectivity index (χ1) is 9.19. The van der Waals surface area contributed by atoms with Crippen molar-refractivity contribution in [3.63, 3.8) is 0 Å². The minimum absolute atomic E-state index is 0.294. The Hall–Kier alpha value is -1.05. The maximum Gasteiger partial charge on any atom is 0.128 e. The molecule has 0 N–H and O–H groups in total. The molecular weight excluding hydrogens is 232 g/mol. The van der Waals surface area contributed by atoms with E-state index in [1.165, 1.54) is 63.0 Å². The standard InChI is InChI=1S/C17H28N2/c1-4-11-17(3,5-2)15-9-10-16(18-14-15)19-12-7-6-8-13-19/h9-10,14H,4-8,11-13H2,1-3H3. The van der Waals surface area contributed by atoms with Crippen molar-refractivity contribution < 1.29 is 0 Å². The van der Waals surface area contributed by atoms with E-state index >= 15 is 0 Å². The number of anilines is 1. The van der Waals surface area contributed by atoms with Gasteiger partial charge < -0.3 is 4.90 Å². The fourth-order valence-electron chi connectivity index (χ4n) is 3.13. The average Bonchev–Trinajstić information content (AvgIpc) is 2.48. The van der Waals surface area contributed by atoms with E-state index in [-0.39, 0.29) is 0 Å². The zero-order valence-corrected chi connectivity index (χ0v) is 12.8. The molecule has 0 saturated carbocycles. The molecule has 1 aliphatic rings. The van der Waals surface area contributed by atoms with E-state index in [9.17, 15) is 0 Å². The van der Waals surface area contributed by atoms with Crippen molar-refractivity contribution in [2.75, 3.05) is 18.0 Å². The van der Waals surface area contributed by atoms with Crippen LogP contribution in [0.2, 0.25) is 0 Å². The van der Waals surface area contributed by atoms with E-state index < -0.39 is 0 Å². The van der Waals surface area contributed by atoms with Crippen LogP contribution in [0.25, 0.3) is 0 Å². The lowest BCUT2D eigenvalue weighted by atomic mass is 9.77. The van der Waals surface area contributed by atoms with Crippen LogP contribution in [0.15, 0.2) is 18.3 Å². The zero-order valence-electron chi connectivity index (χ0n) is 12.8. The Morgan fingerprint density at radius 2 is 1.89 bits per heavy atom. The van der Waals surface area contributed by atoms with Gasteiger partial charge in [0.05, 0.1) is 0 Å². The summed E-state index contributed by atoms with van der Waals surface area (Å²) in [7, 11) is 0. The number of hydrogen-bond acceptors (Lipinski definition) is 2. The Morgan fingerprint density at radius 3 is 2.42 bits per heavy atom. The van der Waals surface area contributed by atoms with Crippen molar-refractivity contribution in [3.8, 4) is 0 Å². The molecule has 0 aliphatic carbocycles. The summed E-state index contributed by atoms with van der Waals surface area (Å²) in [6.07, 6.45) is 9.78. The topological polar surface area (TPSA) is 16.1 Å². The summed E-state index contributed by atoms with van der Waals surface area (Å²) in [4.78, 5) is 7.15. The number of piperidine rings is 1. The van der Waals surface area contributed by atoms with Gasteiger partial charge >= 0.3 is 0 Å². The second-order valence-electron chi connectivity index (χ2n) is 6.12. The molecule has 1 aromatic rings. The molecule has 1 unspecified atom stereocenters. The van der Waals surface area contributed by atoms with Gasteiger partial charge in [0.1, 0.15) is 5.82 Å². The fraction of sp³-hybridized carbons (Fsp3) is 0.706. The number of pyridine rings is 1. The second kappa shape index (κ2) is 6.40. The molecule has 2 rings (SSSR count). The maximum absolute atomic E-state index is 4.72. The fourth-order valence-corrected chi connectivity index (χ4v) is 3.13. The molecule has 1 aromatic heterocycles. The second-order valence-corrected chi connectivity index (χ2v) is 6.12. The third kappa shape index (κ3) is 3.29. The first-order valence-corrected chi connectivity index (χ1v) is 7.91. The summed E-state index contributed by atoms with van der Waals surface area (Å²) in [6.45, 7) is 9.27. The Morgan fingerprint density at radius 1 is 1.16 bits per heavy atom. The van der Waals surface area contributed by atoms with Gasteiger partial charge in [-0.15, -0.1) is 0 Å². The predicted octanol–water partition coefficient (Wildman–Crippen LogP) is 4.54. The first kappa shape index (κ1) is 14.4. The minimum atomic E-state index is 0.294. The molecular formula is C17H28N2. The third-order valence-electron chi connectivity index (χ3n) is 4.71. The van der Waals surface area contributed by atoms with Crippen molar-refractivity contribution in [2.45, 2.75) is 64.7 Å².